The molecule has 0 bridgehead atoms. The number of aromatic nitrogens is 2. The fourth-order valence-electron chi connectivity index (χ4n) is 1.11. The summed E-state index contributed by atoms with van der Waals surface area (Å²) in [5.74, 6) is 0.832. The van der Waals surface area contributed by atoms with Gasteiger partial charge in [0.15, 0.2) is 8.84 Å². The lowest BCUT2D eigenvalue weighted by atomic mass is 10.1. The van der Waals surface area contributed by atoms with E-state index in [9.17, 15) is 0 Å². The molecule has 0 aliphatic heterocycles. The topological polar surface area (TPSA) is 25.8 Å². The Kier molecular flexibility index (Phi) is 2.59. The number of nitrogens with zero attached hydrogens (tertiary/aromatic N) is 2. The van der Waals surface area contributed by atoms with Crippen LogP contribution >= 0.6 is 34.1 Å². The van der Waals surface area contributed by atoms with Crippen molar-refractivity contribution in [2.24, 2.45) is 0 Å². The van der Waals surface area contributed by atoms with E-state index in [1.54, 1.807) is 0 Å². The highest BCUT2D eigenvalue weighted by Crippen LogP contribution is 2.19. The van der Waals surface area contributed by atoms with Crippen LogP contribution in [-0.2, 0) is 0 Å². The van der Waals surface area contributed by atoms with Gasteiger partial charge in [-0.2, -0.15) is 4.37 Å². The summed E-state index contributed by atoms with van der Waals surface area (Å²) in [6.07, 6.45) is 0. The van der Waals surface area contributed by atoms with E-state index in [1.807, 2.05) is 12.1 Å². The van der Waals surface area contributed by atoms with Crippen molar-refractivity contribution in [3.8, 4) is 11.4 Å². The van der Waals surface area contributed by atoms with Crippen LogP contribution in [0.3, 0.4) is 0 Å². The van der Waals surface area contributed by atoms with Crippen LogP contribution in [0.1, 0.15) is 5.56 Å². The summed E-state index contributed by atoms with van der Waals surface area (Å²) in [6, 6.07) is 8.22. The number of rotatable bonds is 1. The average molecular weight is 302 g/mol. The number of benzene rings is 1. The second-order valence-corrected chi connectivity index (χ2v) is 5.25. The molecule has 4 heteroatoms. The minimum absolute atomic E-state index is 0.832. The molecule has 1 heterocycles. The molecule has 2 aromatic rings. The largest absolute Gasteiger partial charge is 0.209 e. The van der Waals surface area contributed by atoms with Crippen molar-refractivity contribution >= 4 is 34.1 Å². The molecule has 1 aromatic heterocycles. The Bertz CT molecular complexity index is 425. The monoisotopic (exact) mass is 302 g/mol. The van der Waals surface area contributed by atoms with E-state index in [-0.39, 0.29) is 0 Å². The molecule has 0 atom stereocenters. The van der Waals surface area contributed by atoms with Crippen LogP contribution in [0.15, 0.2) is 24.3 Å². The van der Waals surface area contributed by atoms with E-state index >= 15 is 0 Å². The Morgan fingerprint density at radius 3 is 2.85 bits per heavy atom. The minimum Gasteiger partial charge on any atom is -0.209 e. The van der Waals surface area contributed by atoms with Crippen molar-refractivity contribution in [2.45, 2.75) is 6.92 Å². The summed E-state index contributed by atoms with van der Waals surface area (Å²) in [5, 5.41) is 0. The predicted octanol–water partition coefficient (Wildman–Crippen LogP) is 3.12. The zero-order valence-electron chi connectivity index (χ0n) is 6.99. The van der Waals surface area contributed by atoms with Crippen molar-refractivity contribution in [2.75, 3.05) is 0 Å². The zero-order valence-corrected chi connectivity index (χ0v) is 9.96. The molecule has 0 amide bonds. The number of aryl methyl sites for hydroxylation is 1. The van der Waals surface area contributed by atoms with Crippen molar-refractivity contribution in [3.63, 3.8) is 0 Å². The second-order valence-electron chi connectivity index (χ2n) is 2.74. The third-order valence-corrected chi connectivity index (χ3v) is 3.02. The maximum absolute atomic E-state index is 4.32. The molecule has 0 unspecified atom stereocenters. The van der Waals surface area contributed by atoms with Crippen LogP contribution in [-0.4, -0.2) is 9.36 Å². The van der Waals surface area contributed by atoms with Crippen molar-refractivity contribution < 1.29 is 0 Å². The fourth-order valence-corrected chi connectivity index (χ4v) is 2.07. The Morgan fingerprint density at radius 1 is 1.38 bits per heavy atom. The van der Waals surface area contributed by atoms with Crippen LogP contribution in [0, 0.1) is 9.94 Å². The van der Waals surface area contributed by atoms with Crippen molar-refractivity contribution in [1.29, 1.82) is 0 Å². The number of halogens is 1. The summed E-state index contributed by atoms with van der Waals surface area (Å²) in [7, 11) is 0. The summed E-state index contributed by atoms with van der Waals surface area (Å²) in [4.78, 5) is 4.32. The molecule has 66 valence electrons. The second kappa shape index (κ2) is 3.71. The maximum atomic E-state index is 4.32. The van der Waals surface area contributed by atoms with Gasteiger partial charge in [-0.1, -0.05) is 23.8 Å². The molecule has 13 heavy (non-hydrogen) atoms. The van der Waals surface area contributed by atoms with E-state index in [1.165, 1.54) is 17.1 Å². The number of hydrogen-bond acceptors (Lipinski definition) is 3. The van der Waals surface area contributed by atoms with Gasteiger partial charge in [-0.25, -0.2) is 4.98 Å². The fraction of sp³-hybridized carbons (Fsp3) is 0.111. The molecule has 0 saturated carbocycles. The Hall–Kier alpha value is -0.490. The van der Waals surface area contributed by atoms with Crippen LogP contribution in [0.25, 0.3) is 11.4 Å². The molecule has 0 spiro atoms. The molecule has 1 aromatic carbocycles. The Balaban J connectivity index is 2.46. The van der Waals surface area contributed by atoms with E-state index in [2.05, 4.69) is 51.0 Å². The van der Waals surface area contributed by atoms with Gasteiger partial charge >= 0.3 is 0 Å². The van der Waals surface area contributed by atoms with Crippen molar-refractivity contribution in [3.05, 3.63) is 32.8 Å². The zero-order chi connectivity index (χ0) is 9.26. The standard InChI is InChI=1S/C9H7IN2S/c1-6-3-2-4-7(5-6)8-11-9(10)13-12-8/h2-5H,1H3. The highest BCUT2D eigenvalue weighted by molar-refractivity contribution is 14.1. The molecule has 0 aliphatic rings. The molecular formula is C9H7IN2S. The van der Waals surface area contributed by atoms with Crippen LogP contribution in [0.5, 0.6) is 0 Å². The first-order valence-corrected chi connectivity index (χ1v) is 5.67. The van der Waals surface area contributed by atoms with Crippen molar-refractivity contribution in [1.82, 2.24) is 9.36 Å². The smallest absolute Gasteiger partial charge is 0.174 e. The summed E-state index contributed by atoms with van der Waals surface area (Å²) in [5.41, 5.74) is 2.33. The minimum atomic E-state index is 0.832. The average Bonchev–Trinajstić information content (AvgIpc) is 2.52. The first-order chi connectivity index (χ1) is 6.25. The van der Waals surface area contributed by atoms with E-state index in [0.29, 0.717) is 0 Å². The molecule has 2 nitrogen and oxygen atoms in total. The first kappa shape index (κ1) is 9.08. The predicted molar refractivity (Wildman–Crippen MR) is 62.8 cm³/mol. The van der Waals surface area contributed by atoms with E-state index < -0.39 is 0 Å². The molecule has 0 saturated heterocycles. The van der Waals surface area contributed by atoms with Crippen LogP contribution in [0.4, 0.5) is 0 Å². The highest BCUT2D eigenvalue weighted by atomic mass is 127. The van der Waals surface area contributed by atoms with Gasteiger partial charge in [0.2, 0.25) is 0 Å². The quantitative estimate of drug-likeness (QED) is 0.756. The summed E-state index contributed by atoms with van der Waals surface area (Å²) < 4.78 is 5.23. The maximum Gasteiger partial charge on any atom is 0.174 e. The van der Waals surface area contributed by atoms with Gasteiger partial charge in [0, 0.05) is 5.56 Å². The lowest BCUT2D eigenvalue weighted by molar-refractivity contribution is 1.29. The first-order valence-electron chi connectivity index (χ1n) is 3.82. The lowest BCUT2D eigenvalue weighted by Crippen LogP contribution is -1.81. The number of hydrogen-bond donors (Lipinski definition) is 0. The Morgan fingerprint density at radius 2 is 2.23 bits per heavy atom. The molecule has 2 rings (SSSR count). The van der Waals surface area contributed by atoms with Crippen LogP contribution < -0.4 is 0 Å². The molecule has 0 aliphatic carbocycles. The van der Waals surface area contributed by atoms with Gasteiger partial charge in [-0.15, -0.1) is 0 Å². The highest BCUT2D eigenvalue weighted by Gasteiger charge is 2.03. The third-order valence-electron chi connectivity index (χ3n) is 1.68. The van der Waals surface area contributed by atoms with E-state index in [4.69, 9.17) is 0 Å². The van der Waals surface area contributed by atoms with Gasteiger partial charge in [-0.3, -0.25) is 0 Å². The molecule has 0 fully saturated rings. The van der Waals surface area contributed by atoms with Gasteiger partial charge in [-0.05, 0) is 47.1 Å². The molecule has 0 N–H and O–H groups in total. The summed E-state index contributed by atoms with van der Waals surface area (Å²) >= 11 is 3.61. The molecule has 0 radical (unpaired) electrons. The van der Waals surface area contributed by atoms with Gasteiger partial charge in [0.25, 0.3) is 0 Å². The van der Waals surface area contributed by atoms with Gasteiger partial charge in [0.05, 0.1) is 0 Å². The van der Waals surface area contributed by atoms with Crippen LogP contribution in [0.2, 0.25) is 0 Å². The van der Waals surface area contributed by atoms with Gasteiger partial charge in [0.1, 0.15) is 0 Å². The Labute approximate surface area is 94.3 Å². The molecular weight excluding hydrogens is 295 g/mol. The third kappa shape index (κ3) is 2.05. The lowest BCUT2D eigenvalue weighted by Gasteiger charge is -1.95. The van der Waals surface area contributed by atoms with Gasteiger partial charge < -0.3 is 0 Å². The normalized spacial score (nSPS) is 10.3. The SMILES string of the molecule is Cc1cccc(-c2nsc(I)n2)c1. The van der Waals surface area contributed by atoms with E-state index in [0.717, 1.165) is 14.4 Å². The summed E-state index contributed by atoms with van der Waals surface area (Å²) in [6.45, 7) is 2.07.